The first-order chi connectivity index (χ1) is 10.0. The fourth-order valence-electron chi connectivity index (χ4n) is 3.28. The second-order valence-corrected chi connectivity index (χ2v) is 5.87. The van der Waals surface area contributed by atoms with E-state index in [4.69, 9.17) is 4.74 Å². The van der Waals surface area contributed by atoms with Crippen molar-refractivity contribution in [1.82, 2.24) is 20.9 Å². The smallest absolute Gasteiger partial charge is 0.322 e. The first-order valence-electron chi connectivity index (χ1n) is 7.23. The maximum atomic E-state index is 12.4. The van der Waals surface area contributed by atoms with Crippen LogP contribution >= 0.6 is 0 Å². The Morgan fingerprint density at radius 2 is 2.05 bits per heavy atom. The van der Waals surface area contributed by atoms with Crippen molar-refractivity contribution in [2.45, 2.75) is 36.9 Å². The average Bonchev–Trinajstić information content (AvgIpc) is 3.05. The van der Waals surface area contributed by atoms with Crippen molar-refractivity contribution in [3.63, 3.8) is 0 Å². The van der Waals surface area contributed by atoms with Crippen LogP contribution in [0.5, 0.6) is 0 Å². The molecule has 1 spiro atoms. The van der Waals surface area contributed by atoms with Gasteiger partial charge in [-0.1, -0.05) is 0 Å². The first kappa shape index (κ1) is 14.3. The molecule has 0 radical (unpaired) electrons. The van der Waals surface area contributed by atoms with Crippen molar-refractivity contribution >= 4 is 17.8 Å². The molecule has 3 aliphatic heterocycles. The Kier molecular flexibility index (Phi) is 3.58. The summed E-state index contributed by atoms with van der Waals surface area (Å²) in [6, 6.07) is -0.656. The summed E-state index contributed by atoms with van der Waals surface area (Å²) in [4.78, 5) is 37.3. The minimum atomic E-state index is -0.827. The third-order valence-electron chi connectivity index (χ3n) is 4.67. The number of amides is 4. The van der Waals surface area contributed by atoms with Crippen LogP contribution in [0.4, 0.5) is 4.79 Å². The number of piperidine rings is 1. The van der Waals surface area contributed by atoms with Crippen LogP contribution in [0, 0.1) is 0 Å². The van der Waals surface area contributed by atoms with Gasteiger partial charge in [-0.25, -0.2) is 4.79 Å². The summed E-state index contributed by atoms with van der Waals surface area (Å²) in [5.74, 6) is -0.229. The number of rotatable bonds is 2. The molecule has 3 saturated heterocycles. The summed E-state index contributed by atoms with van der Waals surface area (Å²) in [5, 5.41) is 8.13. The first-order valence-corrected chi connectivity index (χ1v) is 7.23. The van der Waals surface area contributed by atoms with Crippen LogP contribution in [0.3, 0.4) is 0 Å². The quantitative estimate of drug-likeness (QED) is 0.542. The molecule has 0 aromatic carbocycles. The summed E-state index contributed by atoms with van der Waals surface area (Å²) in [6.07, 6.45) is 1.66. The molecule has 8 heteroatoms. The van der Waals surface area contributed by atoms with Crippen LogP contribution in [-0.2, 0) is 14.3 Å². The summed E-state index contributed by atoms with van der Waals surface area (Å²) >= 11 is 0. The highest BCUT2D eigenvalue weighted by molar-refractivity contribution is 6.07. The zero-order valence-electron chi connectivity index (χ0n) is 12.0. The van der Waals surface area contributed by atoms with E-state index in [-0.39, 0.29) is 24.0 Å². The molecule has 0 saturated carbocycles. The molecule has 4 amide bonds. The number of urea groups is 1. The molecule has 3 heterocycles. The summed E-state index contributed by atoms with van der Waals surface area (Å²) < 4.78 is 5.25. The number of hydrogen-bond acceptors (Lipinski definition) is 5. The van der Waals surface area contributed by atoms with Gasteiger partial charge in [-0.05, 0) is 19.3 Å². The SMILES string of the molecule is COC1CNC(C(=O)N2CCC3(CC2)NC(=O)NC3=O)C1. The Bertz CT molecular complexity index is 473. The highest BCUT2D eigenvalue weighted by Gasteiger charge is 2.49. The molecule has 0 aliphatic carbocycles. The lowest BCUT2D eigenvalue weighted by molar-refractivity contribution is -0.137. The monoisotopic (exact) mass is 296 g/mol. The largest absolute Gasteiger partial charge is 0.380 e. The molecule has 8 nitrogen and oxygen atoms in total. The fraction of sp³-hybridized carbons (Fsp3) is 0.769. The Morgan fingerprint density at radius 3 is 2.57 bits per heavy atom. The lowest BCUT2D eigenvalue weighted by Gasteiger charge is -2.37. The van der Waals surface area contributed by atoms with E-state index < -0.39 is 11.6 Å². The molecule has 21 heavy (non-hydrogen) atoms. The van der Waals surface area contributed by atoms with Crippen LogP contribution in [0.1, 0.15) is 19.3 Å². The molecule has 0 aromatic rings. The molecule has 3 N–H and O–H groups in total. The summed E-state index contributed by atoms with van der Waals surface area (Å²) in [5.41, 5.74) is -0.827. The Balaban J connectivity index is 1.57. The molecule has 2 atom stereocenters. The van der Waals surface area contributed by atoms with Gasteiger partial charge in [0.1, 0.15) is 5.54 Å². The van der Waals surface area contributed by atoms with Crippen LogP contribution < -0.4 is 16.0 Å². The standard InChI is InChI=1S/C13H20N4O4/c1-21-8-6-9(14-7-8)10(18)17-4-2-13(3-5-17)11(19)15-12(20)16-13/h8-9,14H,2-7H2,1H3,(H2,15,16,19,20). The van der Waals surface area contributed by atoms with E-state index in [1.54, 1.807) is 12.0 Å². The van der Waals surface area contributed by atoms with Gasteiger partial charge < -0.3 is 20.3 Å². The van der Waals surface area contributed by atoms with Crippen molar-refractivity contribution in [3.05, 3.63) is 0 Å². The number of methoxy groups -OCH3 is 1. The molecular formula is C13H20N4O4. The number of hydrogen-bond donors (Lipinski definition) is 3. The van der Waals surface area contributed by atoms with Crippen LogP contribution in [-0.4, -0.2) is 67.2 Å². The van der Waals surface area contributed by atoms with E-state index in [0.29, 0.717) is 38.9 Å². The molecular weight excluding hydrogens is 276 g/mol. The van der Waals surface area contributed by atoms with Crippen LogP contribution in [0.25, 0.3) is 0 Å². The zero-order valence-corrected chi connectivity index (χ0v) is 12.0. The number of imide groups is 1. The molecule has 3 aliphatic rings. The highest BCUT2D eigenvalue weighted by atomic mass is 16.5. The summed E-state index contributed by atoms with van der Waals surface area (Å²) in [7, 11) is 1.64. The number of nitrogens with one attached hydrogen (secondary N) is 3. The van der Waals surface area contributed by atoms with E-state index in [1.807, 2.05) is 0 Å². The van der Waals surface area contributed by atoms with Crippen molar-refractivity contribution in [2.24, 2.45) is 0 Å². The molecule has 3 fully saturated rings. The van der Waals surface area contributed by atoms with Gasteiger partial charge >= 0.3 is 6.03 Å². The van der Waals surface area contributed by atoms with E-state index in [9.17, 15) is 14.4 Å². The second kappa shape index (κ2) is 5.27. The van der Waals surface area contributed by atoms with Gasteiger partial charge in [0.25, 0.3) is 5.91 Å². The van der Waals surface area contributed by atoms with Gasteiger partial charge in [-0.3, -0.25) is 14.9 Å². The predicted molar refractivity (Wildman–Crippen MR) is 72.4 cm³/mol. The number of ether oxygens (including phenoxy) is 1. The fourth-order valence-corrected chi connectivity index (χ4v) is 3.28. The predicted octanol–water partition coefficient (Wildman–Crippen LogP) is -1.44. The van der Waals surface area contributed by atoms with Crippen molar-refractivity contribution in [3.8, 4) is 0 Å². The number of carbonyl (C=O) groups is 3. The van der Waals surface area contributed by atoms with Gasteiger partial charge in [0.2, 0.25) is 5.91 Å². The van der Waals surface area contributed by atoms with Crippen molar-refractivity contribution < 1.29 is 19.1 Å². The number of carbonyl (C=O) groups excluding carboxylic acids is 3. The molecule has 0 aromatic heterocycles. The summed E-state index contributed by atoms with van der Waals surface area (Å²) in [6.45, 7) is 1.63. The van der Waals surface area contributed by atoms with Gasteiger partial charge in [0, 0.05) is 26.7 Å². The average molecular weight is 296 g/mol. The minimum absolute atomic E-state index is 0.0501. The lowest BCUT2D eigenvalue weighted by atomic mass is 9.87. The van der Waals surface area contributed by atoms with Gasteiger partial charge in [0.05, 0.1) is 12.1 Å². The van der Waals surface area contributed by atoms with Gasteiger partial charge in [0.15, 0.2) is 0 Å². The minimum Gasteiger partial charge on any atom is -0.380 e. The van der Waals surface area contributed by atoms with Crippen LogP contribution in [0.15, 0.2) is 0 Å². The highest BCUT2D eigenvalue weighted by Crippen LogP contribution is 2.26. The van der Waals surface area contributed by atoms with Crippen molar-refractivity contribution in [2.75, 3.05) is 26.7 Å². The molecule has 116 valence electrons. The maximum Gasteiger partial charge on any atom is 0.322 e. The van der Waals surface area contributed by atoms with Crippen molar-refractivity contribution in [1.29, 1.82) is 0 Å². The third-order valence-corrected chi connectivity index (χ3v) is 4.67. The van der Waals surface area contributed by atoms with E-state index >= 15 is 0 Å². The van der Waals surface area contributed by atoms with Gasteiger partial charge in [-0.2, -0.15) is 0 Å². The van der Waals surface area contributed by atoms with E-state index in [0.717, 1.165) is 0 Å². The zero-order chi connectivity index (χ0) is 15.0. The van der Waals surface area contributed by atoms with Gasteiger partial charge in [-0.15, -0.1) is 0 Å². The Hall–Kier alpha value is -1.67. The Morgan fingerprint density at radius 1 is 1.33 bits per heavy atom. The lowest BCUT2D eigenvalue weighted by Crippen LogP contribution is -2.57. The molecule has 0 bridgehead atoms. The second-order valence-electron chi connectivity index (χ2n) is 5.87. The maximum absolute atomic E-state index is 12.4. The third kappa shape index (κ3) is 2.49. The molecule has 3 rings (SSSR count). The topological polar surface area (TPSA) is 99.8 Å². The number of likely N-dealkylation sites (tertiary alicyclic amines) is 1. The Labute approximate surface area is 122 Å². The number of nitrogens with zero attached hydrogens (tertiary/aromatic N) is 1. The van der Waals surface area contributed by atoms with E-state index in [1.165, 1.54) is 0 Å². The molecule has 2 unspecified atom stereocenters. The van der Waals surface area contributed by atoms with Crippen LogP contribution in [0.2, 0.25) is 0 Å². The normalized spacial score (nSPS) is 31.4. The van der Waals surface area contributed by atoms with E-state index in [2.05, 4.69) is 16.0 Å².